The molecule has 0 atom stereocenters. The second-order valence-electron chi connectivity index (χ2n) is 5.93. The maximum absolute atomic E-state index is 12.4. The van der Waals surface area contributed by atoms with Gasteiger partial charge in [-0.2, -0.15) is 0 Å². The fourth-order valence-electron chi connectivity index (χ4n) is 2.54. The number of amidine groups is 1. The number of nitrogens with one attached hydrogen (secondary N) is 1. The van der Waals surface area contributed by atoms with Gasteiger partial charge >= 0.3 is 5.97 Å². The van der Waals surface area contributed by atoms with Gasteiger partial charge in [0.1, 0.15) is 0 Å². The Morgan fingerprint density at radius 3 is 2.79 bits per heavy atom. The maximum atomic E-state index is 12.4. The van der Waals surface area contributed by atoms with Gasteiger partial charge < -0.3 is 19.9 Å². The lowest BCUT2D eigenvalue weighted by Gasteiger charge is -2.12. The number of hydrogen-bond donors (Lipinski definition) is 2. The Labute approximate surface area is 176 Å². The monoisotopic (exact) mass is 432 g/mol. The van der Waals surface area contributed by atoms with Crippen molar-refractivity contribution >= 4 is 52.2 Å². The molecule has 0 aliphatic carbocycles. The van der Waals surface area contributed by atoms with E-state index >= 15 is 0 Å². The highest BCUT2D eigenvalue weighted by Gasteiger charge is 2.25. The number of thioether (sulfide) groups is 1. The van der Waals surface area contributed by atoms with E-state index in [0.717, 1.165) is 17.3 Å². The molecule has 0 bridgehead atoms. The molecule has 1 heterocycles. The van der Waals surface area contributed by atoms with Crippen molar-refractivity contribution in [3.63, 3.8) is 0 Å². The fraction of sp³-hybridized carbons (Fsp3) is 0.150. The predicted octanol–water partition coefficient (Wildman–Crippen LogP) is 4.01. The SMILES string of the molecule is COc1cccc(C=C2SC(=Nc3cccc(Cl)c3C)NC2=O)c1OCC(=O)O. The lowest BCUT2D eigenvalue weighted by molar-refractivity contribution is -0.139. The van der Waals surface area contributed by atoms with E-state index in [1.165, 1.54) is 7.11 Å². The third-order valence-electron chi connectivity index (χ3n) is 3.97. The number of ether oxygens (including phenoxy) is 2. The number of nitrogens with zero attached hydrogens (tertiary/aromatic N) is 1. The molecule has 2 aromatic carbocycles. The van der Waals surface area contributed by atoms with Crippen LogP contribution in [-0.2, 0) is 9.59 Å². The first-order chi connectivity index (χ1) is 13.9. The summed E-state index contributed by atoms with van der Waals surface area (Å²) in [6, 6.07) is 10.4. The first kappa shape index (κ1) is 20.8. The fourth-order valence-corrected chi connectivity index (χ4v) is 3.54. The molecular formula is C20H17ClN2O5S. The number of carbonyl (C=O) groups is 2. The third kappa shape index (κ3) is 4.90. The van der Waals surface area contributed by atoms with Crippen LogP contribution in [0.3, 0.4) is 0 Å². The van der Waals surface area contributed by atoms with E-state index in [0.29, 0.717) is 32.1 Å². The van der Waals surface area contributed by atoms with Gasteiger partial charge in [0.05, 0.1) is 17.7 Å². The number of aliphatic imine (C=N–C) groups is 1. The molecule has 7 nitrogen and oxygen atoms in total. The van der Waals surface area contributed by atoms with E-state index in [9.17, 15) is 9.59 Å². The second-order valence-corrected chi connectivity index (χ2v) is 7.36. The average molecular weight is 433 g/mol. The smallest absolute Gasteiger partial charge is 0.341 e. The molecule has 1 aliphatic rings. The molecule has 0 spiro atoms. The van der Waals surface area contributed by atoms with Crippen LogP contribution in [0.1, 0.15) is 11.1 Å². The third-order valence-corrected chi connectivity index (χ3v) is 5.29. The normalized spacial score (nSPS) is 16.2. The van der Waals surface area contributed by atoms with Gasteiger partial charge in [0, 0.05) is 10.6 Å². The zero-order chi connectivity index (χ0) is 21.0. The van der Waals surface area contributed by atoms with Crippen molar-refractivity contribution in [3.8, 4) is 11.5 Å². The lowest BCUT2D eigenvalue weighted by Crippen LogP contribution is -2.19. The van der Waals surface area contributed by atoms with Crippen molar-refractivity contribution < 1.29 is 24.2 Å². The molecular weight excluding hydrogens is 416 g/mol. The second kappa shape index (κ2) is 9.02. The van der Waals surface area contributed by atoms with E-state index in [1.807, 2.05) is 13.0 Å². The number of hydrogen-bond acceptors (Lipinski definition) is 6. The van der Waals surface area contributed by atoms with Gasteiger partial charge in [0.2, 0.25) is 0 Å². The van der Waals surface area contributed by atoms with E-state index in [-0.39, 0.29) is 11.7 Å². The Morgan fingerprint density at radius 2 is 2.07 bits per heavy atom. The molecule has 1 aliphatic heterocycles. The largest absolute Gasteiger partial charge is 0.493 e. The standard InChI is InChI=1S/C20H17ClN2O5S/c1-11-13(21)6-4-7-14(11)22-20-23-19(26)16(29-20)9-12-5-3-8-15(27-2)18(12)28-10-17(24)25/h3-9H,10H2,1-2H3,(H,24,25)(H,22,23,26). The molecule has 1 fully saturated rings. The summed E-state index contributed by atoms with van der Waals surface area (Å²) in [5, 5.41) is 12.6. The number of carbonyl (C=O) groups excluding carboxylic acids is 1. The van der Waals surface area contributed by atoms with Gasteiger partial charge in [-0.1, -0.05) is 29.8 Å². The molecule has 29 heavy (non-hydrogen) atoms. The predicted molar refractivity (Wildman–Crippen MR) is 113 cm³/mol. The van der Waals surface area contributed by atoms with E-state index in [1.54, 1.807) is 36.4 Å². The zero-order valence-electron chi connectivity index (χ0n) is 15.6. The van der Waals surface area contributed by atoms with Crippen LogP contribution < -0.4 is 14.8 Å². The van der Waals surface area contributed by atoms with Crippen molar-refractivity contribution in [2.24, 2.45) is 4.99 Å². The highest BCUT2D eigenvalue weighted by molar-refractivity contribution is 8.18. The zero-order valence-corrected chi connectivity index (χ0v) is 17.1. The summed E-state index contributed by atoms with van der Waals surface area (Å²) in [6.07, 6.45) is 1.60. The number of halogens is 1. The summed E-state index contributed by atoms with van der Waals surface area (Å²) in [5.74, 6) is -0.823. The van der Waals surface area contributed by atoms with Crippen molar-refractivity contribution in [3.05, 3.63) is 57.5 Å². The van der Waals surface area contributed by atoms with Crippen molar-refractivity contribution in [1.82, 2.24) is 5.32 Å². The summed E-state index contributed by atoms with van der Waals surface area (Å²) in [5.41, 5.74) is 1.99. The minimum absolute atomic E-state index is 0.245. The lowest BCUT2D eigenvalue weighted by atomic mass is 10.1. The first-order valence-corrected chi connectivity index (χ1v) is 9.64. The summed E-state index contributed by atoms with van der Waals surface area (Å²) in [4.78, 5) is 28.1. The summed E-state index contributed by atoms with van der Waals surface area (Å²) < 4.78 is 10.6. The highest BCUT2D eigenvalue weighted by Crippen LogP contribution is 2.36. The molecule has 0 unspecified atom stereocenters. The van der Waals surface area contributed by atoms with E-state index in [4.69, 9.17) is 26.2 Å². The summed E-state index contributed by atoms with van der Waals surface area (Å²) >= 11 is 7.28. The van der Waals surface area contributed by atoms with Gasteiger partial charge in [0.15, 0.2) is 23.3 Å². The number of carboxylic acid groups (broad SMARTS) is 1. The van der Waals surface area contributed by atoms with Gasteiger partial charge in [-0.15, -0.1) is 0 Å². The topological polar surface area (TPSA) is 97.2 Å². The Hall–Kier alpha value is -2.97. The molecule has 0 saturated carbocycles. The van der Waals surface area contributed by atoms with Crippen LogP contribution in [0, 0.1) is 6.92 Å². The molecule has 2 N–H and O–H groups in total. The molecule has 2 aromatic rings. The highest BCUT2D eigenvalue weighted by atomic mass is 35.5. The number of rotatable bonds is 6. The van der Waals surface area contributed by atoms with Gasteiger partial charge in [-0.3, -0.25) is 4.79 Å². The van der Waals surface area contributed by atoms with Crippen molar-refractivity contribution in [2.45, 2.75) is 6.92 Å². The minimum atomic E-state index is -1.12. The number of aliphatic carboxylic acids is 1. The summed E-state index contributed by atoms with van der Waals surface area (Å²) in [7, 11) is 1.45. The maximum Gasteiger partial charge on any atom is 0.341 e. The molecule has 3 rings (SSSR count). The Morgan fingerprint density at radius 1 is 1.31 bits per heavy atom. The molecule has 1 amide bonds. The number of methoxy groups -OCH3 is 1. The average Bonchev–Trinajstić information content (AvgIpc) is 3.03. The number of para-hydroxylation sites is 1. The molecule has 0 radical (unpaired) electrons. The van der Waals surface area contributed by atoms with Crippen LogP contribution in [0.4, 0.5) is 5.69 Å². The van der Waals surface area contributed by atoms with E-state index < -0.39 is 12.6 Å². The first-order valence-electron chi connectivity index (χ1n) is 8.45. The minimum Gasteiger partial charge on any atom is -0.493 e. The van der Waals surface area contributed by atoms with Gasteiger partial charge in [-0.05, 0) is 48.5 Å². The van der Waals surface area contributed by atoms with Gasteiger partial charge in [-0.25, -0.2) is 9.79 Å². The number of benzene rings is 2. The van der Waals surface area contributed by atoms with Crippen LogP contribution in [0.25, 0.3) is 6.08 Å². The Balaban J connectivity index is 1.91. The van der Waals surface area contributed by atoms with Crippen molar-refractivity contribution in [1.29, 1.82) is 0 Å². The quantitative estimate of drug-likeness (QED) is 0.669. The molecule has 9 heteroatoms. The van der Waals surface area contributed by atoms with Gasteiger partial charge in [0.25, 0.3) is 5.91 Å². The number of carboxylic acids is 1. The van der Waals surface area contributed by atoms with Crippen LogP contribution >= 0.6 is 23.4 Å². The molecule has 0 aromatic heterocycles. The Bertz CT molecular complexity index is 1040. The van der Waals surface area contributed by atoms with Crippen molar-refractivity contribution in [2.75, 3.05) is 13.7 Å². The summed E-state index contributed by atoms with van der Waals surface area (Å²) in [6.45, 7) is 1.32. The van der Waals surface area contributed by atoms with E-state index in [2.05, 4.69) is 10.3 Å². The molecule has 150 valence electrons. The Kier molecular flexibility index (Phi) is 6.46. The molecule has 1 saturated heterocycles. The van der Waals surface area contributed by atoms with Crippen LogP contribution in [0.2, 0.25) is 5.02 Å². The number of amides is 1. The van der Waals surface area contributed by atoms with Crippen LogP contribution in [0.15, 0.2) is 46.3 Å². The van der Waals surface area contributed by atoms with Crippen LogP contribution in [0.5, 0.6) is 11.5 Å². The van der Waals surface area contributed by atoms with Crippen LogP contribution in [-0.4, -0.2) is 35.9 Å².